The molecule has 4 rings (SSSR count). The SMILES string of the molecule is CCCC1=CCC(CCC)(OC(=O)C2=C(C(=O)OC3(CCC)C=CC(CCC)=CC3)C3CCC2C3(C)C)C=C1. The van der Waals surface area contributed by atoms with Crippen molar-refractivity contribution in [2.75, 3.05) is 0 Å². The lowest BCUT2D eigenvalue weighted by Crippen LogP contribution is -2.37. The third kappa shape index (κ3) is 5.91. The van der Waals surface area contributed by atoms with E-state index >= 15 is 0 Å². The van der Waals surface area contributed by atoms with E-state index in [0.29, 0.717) is 24.0 Å². The van der Waals surface area contributed by atoms with Crippen LogP contribution >= 0.6 is 0 Å². The number of rotatable bonds is 12. The largest absolute Gasteiger partial charge is 0.451 e. The van der Waals surface area contributed by atoms with Crippen molar-refractivity contribution in [3.63, 3.8) is 0 Å². The molecule has 1 saturated carbocycles. The zero-order chi connectivity index (χ0) is 28.3. The maximum Gasteiger partial charge on any atom is 0.335 e. The molecule has 4 atom stereocenters. The lowest BCUT2D eigenvalue weighted by molar-refractivity contribution is -0.155. The van der Waals surface area contributed by atoms with Crippen LogP contribution in [0.5, 0.6) is 0 Å². The van der Waals surface area contributed by atoms with E-state index in [1.165, 1.54) is 11.1 Å². The Hall–Kier alpha value is -2.36. The van der Waals surface area contributed by atoms with Crippen molar-refractivity contribution in [1.29, 1.82) is 0 Å². The lowest BCUT2D eigenvalue weighted by Gasteiger charge is -2.34. The molecule has 39 heavy (non-hydrogen) atoms. The van der Waals surface area contributed by atoms with Crippen molar-refractivity contribution in [3.05, 3.63) is 58.7 Å². The number of hydrogen-bond donors (Lipinski definition) is 0. The molecule has 0 radical (unpaired) electrons. The molecule has 4 aliphatic carbocycles. The van der Waals surface area contributed by atoms with Crippen molar-refractivity contribution in [2.24, 2.45) is 17.3 Å². The van der Waals surface area contributed by atoms with Crippen LogP contribution in [0.15, 0.2) is 58.7 Å². The van der Waals surface area contributed by atoms with Gasteiger partial charge in [0.05, 0.1) is 11.1 Å². The van der Waals surface area contributed by atoms with E-state index in [0.717, 1.165) is 64.2 Å². The summed E-state index contributed by atoms with van der Waals surface area (Å²) < 4.78 is 12.8. The average molecular weight is 535 g/mol. The molecule has 0 spiro atoms. The fourth-order valence-corrected chi connectivity index (χ4v) is 7.53. The molecule has 4 unspecified atom stereocenters. The molecule has 0 aromatic carbocycles. The van der Waals surface area contributed by atoms with Gasteiger partial charge >= 0.3 is 11.9 Å². The molecule has 2 bridgehead atoms. The number of allylic oxidation sites excluding steroid dienone is 4. The molecule has 4 aliphatic rings. The highest BCUT2D eigenvalue weighted by molar-refractivity contribution is 6.03. The summed E-state index contributed by atoms with van der Waals surface area (Å²) >= 11 is 0. The molecular weight excluding hydrogens is 484 g/mol. The molecule has 0 aromatic heterocycles. The monoisotopic (exact) mass is 534 g/mol. The predicted octanol–water partition coefficient (Wildman–Crippen LogP) is 8.89. The maximum atomic E-state index is 14.0. The minimum Gasteiger partial charge on any atom is -0.451 e. The second-order valence-corrected chi connectivity index (χ2v) is 12.9. The van der Waals surface area contributed by atoms with E-state index in [9.17, 15) is 9.59 Å². The van der Waals surface area contributed by atoms with Crippen molar-refractivity contribution < 1.29 is 19.1 Å². The maximum absolute atomic E-state index is 14.0. The molecule has 0 amide bonds. The van der Waals surface area contributed by atoms with Gasteiger partial charge in [-0.05, 0) is 67.9 Å². The highest BCUT2D eigenvalue weighted by Gasteiger charge is 2.58. The standard InChI is InChI=1S/C35H50O4/c1-7-11-25-15-21-34(19-9-3,22-16-25)38-31(36)29-27-13-14-28(33(27,5)6)30(29)32(37)39-35(20-10-4)23-17-26(12-8-2)18-24-35/h15-18,21,23,27-28H,7-14,19-20,22,24H2,1-6H3. The zero-order valence-corrected chi connectivity index (χ0v) is 25.2. The van der Waals surface area contributed by atoms with Gasteiger partial charge in [-0.3, -0.25) is 0 Å². The van der Waals surface area contributed by atoms with Gasteiger partial charge in [-0.2, -0.15) is 0 Å². The van der Waals surface area contributed by atoms with E-state index in [1.54, 1.807) is 0 Å². The van der Waals surface area contributed by atoms with Crippen LogP contribution in [-0.4, -0.2) is 23.1 Å². The Morgan fingerprint density at radius 1 is 0.718 bits per heavy atom. The van der Waals surface area contributed by atoms with Crippen LogP contribution in [0.3, 0.4) is 0 Å². The van der Waals surface area contributed by atoms with Crippen LogP contribution in [0.2, 0.25) is 0 Å². The summed E-state index contributed by atoms with van der Waals surface area (Å²) in [7, 11) is 0. The van der Waals surface area contributed by atoms with Crippen LogP contribution in [0.1, 0.15) is 119 Å². The first-order valence-corrected chi connectivity index (χ1v) is 15.6. The van der Waals surface area contributed by atoms with Gasteiger partial charge in [-0.1, -0.05) is 103 Å². The Morgan fingerprint density at radius 2 is 1.13 bits per heavy atom. The third-order valence-corrected chi connectivity index (χ3v) is 9.60. The highest BCUT2D eigenvalue weighted by atomic mass is 16.6. The number of ether oxygens (including phenoxy) is 2. The van der Waals surface area contributed by atoms with E-state index < -0.39 is 11.2 Å². The third-order valence-electron chi connectivity index (χ3n) is 9.60. The second kappa shape index (κ2) is 12.0. The first-order valence-electron chi connectivity index (χ1n) is 15.6. The molecule has 0 saturated heterocycles. The molecular formula is C35H50O4. The first kappa shape index (κ1) is 29.6. The van der Waals surface area contributed by atoms with Crippen LogP contribution in [0.4, 0.5) is 0 Å². The number of carbonyl (C=O) groups excluding carboxylic acids is 2. The van der Waals surface area contributed by atoms with Gasteiger partial charge in [0.2, 0.25) is 0 Å². The predicted molar refractivity (Wildman–Crippen MR) is 158 cm³/mol. The topological polar surface area (TPSA) is 52.6 Å². The summed E-state index contributed by atoms with van der Waals surface area (Å²) in [4.78, 5) is 28.1. The van der Waals surface area contributed by atoms with Gasteiger partial charge in [0.25, 0.3) is 0 Å². The van der Waals surface area contributed by atoms with E-state index in [1.807, 2.05) is 0 Å². The highest BCUT2D eigenvalue weighted by Crippen LogP contribution is 2.61. The first-order chi connectivity index (χ1) is 18.6. The fraction of sp³-hybridized carbons (Fsp3) is 0.657. The molecule has 214 valence electrons. The molecule has 0 aromatic rings. The molecule has 0 heterocycles. The Balaban J connectivity index is 1.62. The lowest BCUT2D eigenvalue weighted by atomic mass is 9.78. The molecule has 4 nitrogen and oxygen atoms in total. The van der Waals surface area contributed by atoms with Crippen molar-refractivity contribution in [3.8, 4) is 0 Å². The Morgan fingerprint density at radius 3 is 1.44 bits per heavy atom. The number of esters is 2. The summed E-state index contributed by atoms with van der Waals surface area (Å²) in [6.07, 6.45) is 23.8. The average Bonchev–Trinajstić information content (AvgIpc) is 3.32. The van der Waals surface area contributed by atoms with E-state index in [-0.39, 0.29) is 29.2 Å². The normalized spacial score (nSPS) is 30.8. The number of carbonyl (C=O) groups is 2. The quantitative estimate of drug-likeness (QED) is 0.235. The minimum atomic E-state index is -0.646. The molecule has 1 fully saturated rings. The summed E-state index contributed by atoms with van der Waals surface area (Å²) in [5, 5.41) is 0. The summed E-state index contributed by atoms with van der Waals surface area (Å²) in [6.45, 7) is 13.0. The minimum absolute atomic E-state index is 0.0232. The molecule has 0 aliphatic heterocycles. The summed E-state index contributed by atoms with van der Waals surface area (Å²) in [6, 6.07) is 0. The second-order valence-electron chi connectivity index (χ2n) is 12.9. The van der Waals surface area contributed by atoms with Gasteiger partial charge in [-0.25, -0.2) is 9.59 Å². The van der Waals surface area contributed by atoms with Crippen LogP contribution in [-0.2, 0) is 19.1 Å². The number of fused-ring (bicyclic) bond motifs is 2. The fourth-order valence-electron chi connectivity index (χ4n) is 7.53. The molecule has 0 N–H and O–H groups in total. The van der Waals surface area contributed by atoms with E-state index in [4.69, 9.17) is 9.47 Å². The molecule has 4 heteroatoms. The number of hydrogen-bond acceptors (Lipinski definition) is 4. The van der Waals surface area contributed by atoms with Gasteiger partial charge in [-0.15, -0.1) is 0 Å². The summed E-state index contributed by atoms with van der Waals surface area (Å²) in [5.74, 6) is -0.590. The van der Waals surface area contributed by atoms with Crippen molar-refractivity contribution in [2.45, 2.75) is 130 Å². The van der Waals surface area contributed by atoms with Crippen LogP contribution in [0.25, 0.3) is 0 Å². The van der Waals surface area contributed by atoms with Gasteiger partial charge in [0, 0.05) is 12.8 Å². The smallest absolute Gasteiger partial charge is 0.335 e. The van der Waals surface area contributed by atoms with Crippen LogP contribution < -0.4 is 0 Å². The summed E-state index contributed by atoms with van der Waals surface area (Å²) in [5.41, 5.74) is 2.33. The van der Waals surface area contributed by atoms with Gasteiger partial charge in [0.15, 0.2) is 0 Å². The Kier molecular flexibility index (Phi) is 9.13. The van der Waals surface area contributed by atoms with E-state index in [2.05, 4.69) is 78.0 Å². The van der Waals surface area contributed by atoms with Gasteiger partial charge < -0.3 is 9.47 Å². The van der Waals surface area contributed by atoms with Gasteiger partial charge in [0.1, 0.15) is 11.2 Å². The van der Waals surface area contributed by atoms with Crippen molar-refractivity contribution in [1.82, 2.24) is 0 Å². The van der Waals surface area contributed by atoms with Crippen LogP contribution in [0, 0.1) is 17.3 Å². The zero-order valence-electron chi connectivity index (χ0n) is 25.2. The Bertz CT molecular complexity index is 1020. The Labute approximate surface area is 236 Å². The van der Waals surface area contributed by atoms with Crippen molar-refractivity contribution >= 4 is 11.9 Å².